The molecule has 0 fully saturated rings. The zero-order valence-corrected chi connectivity index (χ0v) is 16.0. The molecule has 0 saturated heterocycles. The maximum Gasteiger partial charge on any atom is 0.314 e. The molecule has 0 spiro atoms. The minimum Gasteiger partial charge on any atom is -0.491 e. The Bertz CT molecular complexity index is 914. The molecule has 1 aromatic heterocycles. The van der Waals surface area contributed by atoms with Gasteiger partial charge in [0.05, 0.1) is 19.6 Å². The fourth-order valence-electron chi connectivity index (χ4n) is 2.36. The second kappa shape index (κ2) is 5.16. The van der Waals surface area contributed by atoms with Gasteiger partial charge in [-0.3, -0.25) is 0 Å². The molecular formula is C14H17ClF5N3O2S. The Morgan fingerprint density at radius 2 is 1.46 bits per heavy atom. The van der Waals surface area contributed by atoms with Crippen molar-refractivity contribution in [2.24, 2.45) is 0 Å². The molecule has 12 heteroatoms. The first-order valence-corrected chi connectivity index (χ1v) is 9.40. The third-order valence-corrected chi connectivity index (χ3v) is 4.96. The van der Waals surface area contributed by atoms with Crippen LogP contribution in [0.3, 0.4) is 0 Å². The zero-order valence-electron chi connectivity index (χ0n) is 14.5. The first kappa shape index (κ1) is 20.6. The first-order valence-electron chi connectivity index (χ1n) is 7.07. The van der Waals surface area contributed by atoms with Crippen LogP contribution < -0.4 is 15.2 Å². The number of nitrogens with two attached hydrogens (primary N) is 1. The second-order valence-corrected chi connectivity index (χ2v) is 9.31. The van der Waals surface area contributed by atoms with Gasteiger partial charge in [0.1, 0.15) is 22.2 Å². The van der Waals surface area contributed by atoms with Crippen molar-refractivity contribution in [2.75, 3.05) is 20.0 Å². The molecule has 1 aromatic carbocycles. The molecule has 26 heavy (non-hydrogen) atoms. The van der Waals surface area contributed by atoms with Gasteiger partial charge in [0.15, 0.2) is 16.4 Å². The number of fused-ring (bicyclic) bond motifs is 1. The monoisotopic (exact) mass is 421 g/mol. The predicted molar refractivity (Wildman–Crippen MR) is 92.2 cm³/mol. The Labute approximate surface area is 151 Å². The summed E-state index contributed by atoms with van der Waals surface area (Å²) in [6.45, 7) is 5.02. The summed E-state index contributed by atoms with van der Waals surface area (Å²) in [6.07, 6.45) is 0. The van der Waals surface area contributed by atoms with Gasteiger partial charge in [0.25, 0.3) is 0 Å². The quantitative estimate of drug-likeness (QED) is 0.630. The van der Waals surface area contributed by atoms with Gasteiger partial charge in [-0.2, -0.15) is 0 Å². The van der Waals surface area contributed by atoms with Crippen molar-refractivity contribution in [1.29, 1.82) is 0 Å². The van der Waals surface area contributed by atoms with E-state index >= 15 is 0 Å². The van der Waals surface area contributed by atoms with Crippen LogP contribution in [0, 0.1) is 0 Å². The normalized spacial score (nSPS) is 15.5. The van der Waals surface area contributed by atoms with Gasteiger partial charge in [0, 0.05) is 5.41 Å². The van der Waals surface area contributed by atoms with Gasteiger partial charge in [-0.1, -0.05) is 51.8 Å². The van der Waals surface area contributed by atoms with Gasteiger partial charge in [0.2, 0.25) is 0 Å². The number of rotatable bonds is 3. The first-order chi connectivity index (χ1) is 11.4. The SMILES string of the molecule is COc1c(OC)c(S(F)(F)(F)(F)F)c2c(N)nc(C(C)(C)C)nc2c1Cl. The summed E-state index contributed by atoms with van der Waals surface area (Å²) >= 11 is 6.08. The fraction of sp³-hybridized carbons (Fsp3) is 0.429. The van der Waals surface area contributed by atoms with Crippen LogP contribution in [-0.2, 0) is 5.41 Å². The number of halogens is 6. The van der Waals surface area contributed by atoms with E-state index in [1.54, 1.807) is 20.8 Å². The van der Waals surface area contributed by atoms with Crippen LogP contribution in [0.4, 0.5) is 25.2 Å². The Morgan fingerprint density at radius 3 is 1.85 bits per heavy atom. The summed E-state index contributed by atoms with van der Waals surface area (Å²) in [5.74, 6) is -2.75. The van der Waals surface area contributed by atoms with E-state index in [1.165, 1.54) is 0 Å². The zero-order chi connectivity index (χ0) is 20.4. The average molecular weight is 422 g/mol. The van der Waals surface area contributed by atoms with Crippen LogP contribution in [-0.4, -0.2) is 24.2 Å². The second-order valence-electron chi connectivity index (χ2n) is 6.58. The molecule has 0 bridgehead atoms. The molecule has 0 aliphatic heterocycles. The molecule has 2 rings (SSSR count). The number of hydrogen-bond acceptors (Lipinski definition) is 5. The fourth-order valence-corrected chi connectivity index (χ4v) is 3.77. The summed E-state index contributed by atoms with van der Waals surface area (Å²) < 4.78 is 78.4. The van der Waals surface area contributed by atoms with Crippen molar-refractivity contribution >= 4 is 38.5 Å². The van der Waals surface area contributed by atoms with Gasteiger partial charge >= 0.3 is 10.2 Å². The summed E-state index contributed by atoms with van der Waals surface area (Å²) in [4.78, 5) is 5.37. The summed E-state index contributed by atoms with van der Waals surface area (Å²) in [6, 6.07) is 0. The van der Waals surface area contributed by atoms with E-state index < -0.39 is 53.8 Å². The lowest BCUT2D eigenvalue weighted by Gasteiger charge is -2.42. The minimum absolute atomic E-state index is 0.0322. The van der Waals surface area contributed by atoms with E-state index in [2.05, 4.69) is 14.7 Å². The highest BCUT2D eigenvalue weighted by atomic mass is 35.5. The molecule has 0 saturated carbocycles. The molecular weight excluding hydrogens is 405 g/mol. The third-order valence-electron chi connectivity index (χ3n) is 3.45. The molecule has 0 aliphatic carbocycles. The van der Waals surface area contributed by atoms with E-state index in [4.69, 9.17) is 22.1 Å². The summed E-state index contributed by atoms with van der Waals surface area (Å²) in [5.41, 5.74) is 4.31. The smallest absolute Gasteiger partial charge is 0.314 e. The number of aromatic nitrogens is 2. The molecule has 5 nitrogen and oxygen atoms in total. The van der Waals surface area contributed by atoms with E-state index in [-0.39, 0.29) is 5.82 Å². The number of anilines is 1. The number of nitrogens with zero attached hydrogens (tertiary/aromatic N) is 2. The molecule has 1 heterocycles. The number of nitrogen functional groups attached to an aromatic ring is 1. The molecule has 2 aromatic rings. The molecule has 0 radical (unpaired) electrons. The van der Waals surface area contributed by atoms with Crippen LogP contribution in [0.1, 0.15) is 26.6 Å². The Hall–Kier alpha value is -1.75. The topological polar surface area (TPSA) is 70.3 Å². The van der Waals surface area contributed by atoms with Gasteiger partial charge in [-0.15, -0.1) is 0 Å². The van der Waals surface area contributed by atoms with Crippen molar-refractivity contribution in [3.63, 3.8) is 0 Å². The molecule has 0 aliphatic rings. The minimum atomic E-state index is -10.3. The highest BCUT2D eigenvalue weighted by Gasteiger charge is 2.69. The number of methoxy groups -OCH3 is 2. The van der Waals surface area contributed by atoms with Crippen LogP contribution in [0.2, 0.25) is 5.02 Å². The van der Waals surface area contributed by atoms with Crippen molar-refractivity contribution in [3.05, 3.63) is 10.8 Å². The highest BCUT2D eigenvalue weighted by molar-refractivity contribution is 8.46. The van der Waals surface area contributed by atoms with Crippen molar-refractivity contribution in [1.82, 2.24) is 9.97 Å². The standard InChI is InChI=1S/C14H17ClF5N3O2S/c1-14(2,3)13-22-8-6(12(21)23-13)11(26(16,17,18,19)20)10(25-5)9(24-4)7(8)15/h1-5H3,(H2,21,22,23). The average Bonchev–Trinajstić information content (AvgIpc) is 2.43. The van der Waals surface area contributed by atoms with Crippen LogP contribution in [0.5, 0.6) is 11.5 Å². The number of benzene rings is 1. The van der Waals surface area contributed by atoms with Crippen molar-refractivity contribution < 1.29 is 28.9 Å². The number of hydrogen-bond donors (Lipinski definition) is 1. The van der Waals surface area contributed by atoms with E-state index in [0.29, 0.717) is 0 Å². The van der Waals surface area contributed by atoms with E-state index in [9.17, 15) is 19.4 Å². The van der Waals surface area contributed by atoms with Crippen LogP contribution in [0.25, 0.3) is 10.9 Å². The lowest BCUT2D eigenvalue weighted by atomic mass is 9.95. The van der Waals surface area contributed by atoms with Gasteiger partial charge in [-0.05, 0) is 0 Å². The van der Waals surface area contributed by atoms with E-state index in [1.807, 2.05) is 0 Å². The van der Waals surface area contributed by atoms with Crippen LogP contribution >= 0.6 is 21.8 Å². The van der Waals surface area contributed by atoms with Crippen molar-refractivity contribution in [3.8, 4) is 11.5 Å². The van der Waals surface area contributed by atoms with E-state index in [0.717, 1.165) is 14.2 Å². The highest BCUT2D eigenvalue weighted by Crippen LogP contribution is 3.04. The lowest BCUT2D eigenvalue weighted by molar-refractivity contribution is 0.326. The Morgan fingerprint density at radius 1 is 0.962 bits per heavy atom. The molecule has 0 amide bonds. The Balaban J connectivity index is 3.25. The lowest BCUT2D eigenvalue weighted by Crippen LogP contribution is -2.19. The molecule has 0 atom stereocenters. The maximum absolute atomic E-state index is 13.8. The van der Waals surface area contributed by atoms with Gasteiger partial charge < -0.3 is 15.2 Å². The third kappa shape index (κ3) is 3.41. The number of ether oxygens (including phenoxy) is 2. The summed E-state index contributed by atoms with van der Waals surface area (Å²) in [5, 5.41) is -1.57. The molecule has 0 unspecified atom stereocenters. The maximum atomic E-state index is 13.8. The Kier molecular flexibility index (Phi) is 4.08. The molecule has 2 N–H and O–H groups in total. The molecule has 148 valence electrons. The van der Waals surface area contributed by atoms with Crippen molar-refractivity contribution in [2.45, 2.75) is 31.1 Å². The van der Waals surface area contributed by atoms with Crippen LogP contribution in [0.15, 0.2) is 4.90 Å². The predicted octanol–water partition coefficient (Wildman–Crippen LogP) is 5.84. The largest absolute Gasteiger partial charge is 0.491 e. The van der Waals surface area contributed by atoms with Gasteiger partial charge in [-0.25, -0.2) is 9.97 Å². The summed E-state index contributed by atoms with van der Waals surface area (Å²) in [7, 11) is -8.53.